The third kappa shape index (κ3) is 6.22. The Hall–Kier alpha value is -2.09. The van der Waals surface area contributed by atoms with Crippen molar-refractivity contribution in [2.75, 3.05) is 40.4 Å². The van der Waals surface area contributed by atoms with Crippen LogP contribution in [0, 0.1) is 0 Å². The first-order valence-electron chi connectivity index (χ1n) is 9.92. The number of β-amino-alcohol motifs (C(OH)–C–C–N with tert-alkyl or cyclic N) is 1. The van der Waals surface area contributed by atoms with E-state index in [0.29, 0.717) is 24.6 Å². The molecule has 7 nitrogen and oxygen atoms in total. The Balaban J connectivity index is 1.54. The molecule has 1 atom stereocenters. The van der Waals surface area contributed by atoms with Crippen LogP contribution in [0.2, 0.25) is 0 Å². The molecule has 0 spiro atoms. The van der Waals surface area contributed by atoms with Crippen molar-refractivity contribution in [1.29, 1.82) is 0 Å². The van der Waals surface area contributed by atoms with E-state index in [1.54, 1.807) is 13.4 Å². The monoisotopic (exact) mass is 389 g/mol. The predicted molar refractivity (Wildman–Crippen MR) is 106 cm³/mol. The molecule has 0 amide bonds. The maximum atomic E-state index is 10.4. The van der Waals surface area contributed by atoms with E-state index in [4.69, 9.17) is 14.0 Å². The second kappa shape index (κ2) is 10.5. The number of aliphatic hydroxyl groups is 1. The molecule has 1 aliphatic rings. The molecule has 1 aromatic carbocycles. The normalized spacial score (nSPS) is 16.3. The first-order chi connectivity index (χ1) is 13.6. The second-order valence-electron chi connectivity index (χ2n) is 7.47. The molecule has 0 bridgehead atoms. The average molecular weight is 389 g/mol. The fourth-order valence-corrected chi connectivity index (χ4v) is 3.57. The van der Waals surface area contributed by atoms with Gasteiger partial charge in [-0.25, -0.2) is 0 Å². The van der Waals surface area contributed by atoms with Gasteiger partial charge in [0.15, 0.2) is 11.5 Å². The van der Waals surface area contributed by atoms with Crippen LogP contribution in [0.1, 0.15) is 30.5 Å². The number of rotatable bonds is 10. The van der Waals surface area contributed by atoms with Crippen LogP contribution in [0.15, 0.2) is 35.1 Å². The molecule has 1 fully saturated rings. The molecule has 28 heavy (non-hydrogen) atoms. The summed E-state index contributed by atoms with van der Waals surface area (Å²) in [5, 5.41) is 14.3. The van der Waals surface area contributed by atoms with Crippen molar-refractivity contribution in [3.63, 3.8) is 0 Å². The number of aliphatic hydroxyl groups excluding tert-OH is 1. The van der Waals surface area contributed by atoms with E-state index in [0.717, 1.165) is 30.9 Å². The highest BCUT2D eigenvalue weighted by atomic mass is 16.5. The van der Waals surface area contributed by atoms with Crippen molar-refractivity contribution in [2.45, 2.75) is 38.5 Å². The van der Waals surface area contributed by atoms with E-state index in [9.17, 15) is 5.11 Å². The largest absolute Gasteiger partial charge is 0.493 e. The molecule has 1 N–H and O–H groups in total. The smallest absolute Gasteiger partial charge is 0.161 e. The minimum absolute atomic E-state index is 0.255. The van der Waals surface area contributed by atoms with Crippen molar-refractivity contribution in [3.05, 3.63) is 41.8 Å². The summed E-state index contributed by atoms with van der Waals surface area (Å²) < 4.78 is 16.2. The van der Waals surface area contributed by atoms with Gasteiger partial charge in [-0.3, -0.25) is 4.90 Å². The number of aromatic nitrogens is 1. The Kier molecular flexibility index (Phi) is 7.71. The summed E-state index contributed by atoms with van der Waals surface area (Å²) in [7, 11) is 3.66. The third-order valence-corrected chi connectivity index (χ3v) is 4.95. The molecular formula is C21H31N3O4. The van der Waals surface area contributed by atoms with Crippen LogP contribution in [0.5, 0.6) is 11.5 Å². The standard InChI is InChI=1S/C21H31N3O4/c1-23(14-18-8-11-28-22-18)13-17-6-7-20(26-2)21(12-17)27-16-19(25)15-24-9-4-3-5-10-24/h6-8,11-12,19,25H,3-5,9-10,13-16H2,1-2H3. The predicted octanol–water partition coefficient (Wildman–Crippen LogP) is 2.54. The van der Waals surface area contributed by atoms with Crippen molar-refractivity contribution in [2.24, 2.45) is 0 Å². The Morgan fingerprint density at radius 1 is 1.18 bits per heavy atom. The van der Waals surface area contributed by atoms with Crippen LogP contribution in [0.4, 0.5) is 0 Å². The summed E-state index contributed by atoms with van der Waals surface area (Å²) >= 11 is 0. The Bertz CT molecular complexity index is 702. The number of likely N-dealkylation sites (tertiary alicyclic amines) is 1. The van der Waals surface area contributed by atoms with E-state index in [-0.39, 0.29) is 6.61 Å². The molecule has 2 heterocycles. The first kappa shape index (κ1) is 20.6. The lowest BCUT2D eigenvalue weighted by molar-refractivity contribution is 0.0608. The van der Waals surface area contributed by atoms with Gasteiger partial charge in [0.05, 0.1) is 12.8 Å². The lowest BCUT2D eigenvalue weighted by Gasteiger charge is -2.28. The Morgan fingerprint density at radius 3 is 2.71 bits per heavy atom. The van der Waals surface area contributed by atoms with E-state index in [2.05, 4.69) is 15.0 Å². The van der Waals surface area contributed by atoms with Gasteiger partial charge in [-0.15, -0.1) is 0 Å². The summed E-state index contributed by atoms with van der Waals surface area (Å²) in [4.78, 5) is 4.46. The summed E-state index contributed by atoms with van der Waals surface area (Å²) in [6.07, 6.45) is 4.79. The fourth-order valence-electron chi connectivity index (χ4n) is 3.57. The first-order valence-corrected chi connectivity index (χ1v) is 9.92. The summed E-state index contributed by atoms with van der Waals surface area (Å²) in [6, 6.07) is 7.77. The van der Waals surface area contributed by atoms with Gasteiger partial charge in [-0.05, 0) is 50.7 Å². The number of methoxy groups -OCH3 is 1. The van der Waals surface area contributed by atoms with E-state index < -0.39 is 6.10 Å². The lowest BCUT2D eigenvalue weighted by atomic mass is 10.1. The minimum Gasteiger partial charge on any atom is -0.493 e. The average Bonchev–Trinajstić information content (AvgIpc) is 3.20. The van der Waals surface area contributed by atoms with Crippen LogP contribution < -0.4 is 9.47 Å². The highest BCUT2D eigenvalue weighted by Gasteiger charge is 2.16. The summed E-state index contributed by atoms with van der Waals surface area (Å²) in [6.45, 7) is 4.48. The van der Waals surface area contributed by atoms with Crippen LogP contribution in [-0.4, -0.2) is 66.6 Å². The summed E-state index contributed by atoms with van der Waals surface area (Å²) in [5.74, 6) is 1.33. The molecule has 0 saturated carbocycles. The minimum atomic E-state index is -0.513. The van der Waals surface area contributed by atoms with E-state index in [1.807, 2.05) is 31.3 Å². The number of piperidine rings is 1. The molecule has 3 rings (SSSR count). The van der Waals surface area contributed by atoms with Crippen molar-refractivity contribution >= 4 is 0 Å². The fraction of sp³-hybridized carbons (Fsp3) is 0.571. The van der Waals surface area contributed by atoms with Crippen molar-refractivity contribution in [3.8, 4) is 11.5 Å². The van der Waals surface area contributed by atoms with Crippen molar-refractivity contribution < 1.29 is 19.1 Å². The number of hydrogen-bond acceptors (Lipinski definition) is 7. The van der Waals surface area contributed by atoms with Gasteiger partial charge >= 0.3 is 0 Å². The van der Waals surface area contributed by atoms with Crippen LogP contribution >= 0.6 is 0 Å². The zero-order valence-corrected chi connectivity index (χ0v) is 16.8. The maximum Gasteiger partial charge on any atom is 0.161 e. The van der Waals surface area contributed by atoms with Gasteiger partial charge in [-0.2, -0.15) is 0 Å². The SMILES string of the molecule is COc1ccc(CN(C)Cc2ccon2)cc1OCC(O)CN1CCCCC1. The topological polar surface area (TPSA) is 71.2 Å². The second-order valence-corrected chi connectivity index (χ2v) is 7.47. The summed E-state index contributed by atoms with van der Waals surface area (Å²) in [5.41, 5.74) is 2.00. The van der Waals surface area contributed by atoms with Crippen LogP contribution in [-0.2, 0) is 13.1 Å². The molecule has 1 aliphatic heterocycles. The van der Waals surface area contributed by atoms with E-state index in [1.165, 1.54) is 19.3 Å². The molecule has 1 saturated heterocycles. The van der Waals surface area contributed by atoms with Crippen molar-refractivity contribution in [1.82, 2.24) is 15.0 Å². The van der Waals surface area contributed by atoms with Gasteiger partial charge in [-0.1, -0.05) is 17.6 Å². The molecule has 1 unspecified atom stereocenters. The van der Waals surface area contributed by atoms with Gasteiger partial charge in [0.2, 0.25) is 0 Å². The van der Waals surface area contributed by atoms with E-state index >= 15 is 0 Å². The molecule has 1 aromatic heterocycles. The third-order valence-electron chi connectivity index (χ3n) is 4.95. The van der Waals surface area contributed by atoms with Crippen LogP contribution in [0.3, 0.4) is 0 Å². The number of benzene rings is 1. The van der Waals surface area contributed by atoms with Gasteiger partial charge in [0.25, 0.3) is 0 Å². The highest BCUT2D eigenvalue weighted by molar-refractivity contribution is 5.43. The number of hydrogen-bond donors (Lipinski definition) is 1. The Morgan fingerprint density at radius 2 is 2.00 bits per heavy atom. The molecule has 0 radical (unpaired) electrons. The zero-order valence-electron chi connectivity index (χ0n) is 16.8. The number of ether oxygens (including phenoxy) is 2. The maximum absolute atomic E-state index is 10.4. The number of nitrogens with zero attached hydrogens (tertiary/aromatic N) is 3. The quantitative estimate of drug-likeness (QED) is 0.669. The molecule has 154 valence electrons. The van der Waals surface area contributed by atoms with Gasteiger partial charge in [0, 0.05) is 25.7 Å². The molecule has 7 heteroatoms. The van der Waals surface area contributed by atoms with Gasteiger partial charge in [0.1, 0.15) is 19.0 Å². The van der Waals surface area contributed by atoms with Crippen LogP contribution in [0.25, 0.3) is 0 Å². The van der Waals surface area contributed by atoms with Gasteiger partial charge < -0.3 is 24.0 Å². The highest BCUT2D eigenvalue weighted by Crippen LogP contribution is 2.29. The molecule has 2 aromatic rings. The zero-order chi connectivity index (χ0) is 19.8. The lowest BCUT2D eigenvalue weighted by Crippen LogP contribution is -2.38. The molecular weight excluding hydrogens is 358 g/mol. The Labute approximate surface area is 166 Å². The molecule has 0 aliphatic carbocycles.